The third-order valence-electron chi connectivity index (χ3n) is 2.65. The lowest BCUT2D eigenvalue weighted by atomic mass is 9.96. The number of hydrogen-bond donors (Lipinski definition) is 2. The number of hydrazine groups is 1. The molecule has 0 aromatic rings. The standard InChI is InChI=1S/C7H10F3N3O/c8-7(9,10)4-1-2-5-11-12-6(14)13(5)3-4/h4-5,11H,1-3H2,(H,12,14). The summed E-state index contributed by atoms with van der Waals surface area (Å²) >= 11 is 0. The van der Waals surface area contributed by atoms with Gasteiger partial charge >= 0.3 is 12.2 Å². The number of carbonyl (C=O) groups excluding carboxylic acids is 1. The zero-order valence-corrected chi connectivity index (χ0v) is 7.27. The number of nitrogens with one attached hydrogen (secondary N) is 2. The molecule has 0 spiro atoms. The Labute approximate surface area is 78.4 Å². The van der Waals surface area contributed by atoms with Crippen molar-refractivity contribution in [3.8, 4) is 0 Å². The molecule has 0 aromatic carbocycles. The van der Waals surface area contributed by atoms with E-state index in [1.807, 2.05) is 0 Å². The van der Waals surface area contributed by atoms with E-state index >= 15 is 0 Å². The molecule has 2 aliphatic rings. The molecule has 2 fully saturated rings. The predicted octanol–water partition coefficient (Wildman–Crippen LogP) is 0.815. The Morgan fingerprint density at radius 1 is 1.36 bits per heavy atom. The third-order valence-corrected chi connectivity index (χ3v) is 2.65. The van der Waals surface area contributed by atoms with Gasteiger partial charge in [-0.2, -0.15) is 13.2 Å². The number of alkyl halides is 3. The molecule has 2 heterocycles. The maximum Gasteiger partial charge on any atom is 0.393 e. The van der Waals surface area contributed by atoms with Crippen molar-refractivity contribution >= 4 is 6.03 Å². The average molecular weight is 209 g/mol. The van der Waals surface area contributed by atoms with Gasteiger partial charge in [-0.1, -0.05) is 0 Å². The van der Waals surface area contributed by atoms with Gasteiger partial charge in [-0.25, -0.2) is 10.2 Å². The molecular formula is C7H10F3N3O. The smallest absolute Gasteiger partial charge is 0.306 e. The number of rotatable bonds is 0. The van der Waals surface area contributed by atoms with E-state index in [0.29, 0.717) is 6.42 Å². The molecule has 2 atom stereocenters. The molecule has 0 bridgehead atoms. The molecule has 4 nitrogen and oxygen atoms in total. The van der Waals surface area contributed by atoms with Crippen LogP contribution in [0.15, 0.2) is 0 Å². The van der Waals surface area contributed by atoms with Gasteiger partial charge in [0.25, 0.3) is 0 Å². The Balaban J connectivity index is 2.05. The first-order chi connectivity index (χ1) is 6.48. The first-order valence-electron chi connectivity index (χ1n) is 4.37. The number of fused-ring (bicyclic) bond motifs is 1. The molecule has 2 rings (SSSR count). The summed E-state index contributed by atoms with van der Waals surface area (Å²) < 4.78 is 37.0. The van der Waals surface area contributed by atoms with Crippen molar-refractivity contribution in [1.29, 1.82) is 0 Å². The fraction of sp³-hybridized carbons (Fsp3) is 0.857. The zero-order valence-electron chi connectivity index (χ0n) is 7.27. The minimum Gasteiger partial charge on any atom is -0.306 e. The average Bonchev–Trinajstić information content (AvgIpc) is 2.46. The molecule has 2 unspecified atom stereocenters. The summed E-state index contributed by atoms with van der Waals surface area (Å²) in [6, 6.07) is -0.469. The topological polar surface area (TPSA) is 44.4 Å². The number of urea groups is 1. The van der Waals surface area contributed by atoms with E-state index in [-0.39, 0.29) is 19.1 Å². The van der Waals surface area contributed by atoms with Gasteiger partial charge in [-0.3, -0.25) is 5.43 Å². The van der Waals surface area contributed by atoms with E-state index < -0.39 is 18.1 Å². The number of carbonyl (C=O) groups is 1. The lowest BCUT2D eigenvalue weighted by Gasteiger charge is -2.34. The highest BCUT2D eigenvalue weighted by Crippen LogP contribution is 2.35. The number of halogens is 3. The Hall–Kier alpha value is -0.980. The van der Waals surface area contributed by atoms with Crippen molar-refractivity contribution in [1.82, 2.24) is 15.8 Å². The van der Waals surface area contributed by atoms with Crippen LogP contribution in [0.1, 0.15) is 12.8 Å². The van der Waals surface area contributed by atoms with Crippen molar-refractivity contribution in [3.63, 3.8) is 0 Å². The number of hydrogen-bond acceptors (Lipinski definition) is 2. The summed E-state index contributed by atoms with van der Waals surface area (Å²) in [4.78, 5) is 12.3. The van der Waals surface area contributed by atoms with Crippen LogP contribution < -0.4 is 10.9 Å². The Morgan fingerprint density at radius 3 is 2.71 bits per heavy atom. The maximum absolute atomic E-state index is 12.3. The van der Waals surface area contributed by atoms with E-state index in [0.717, 1.165) is 0 Å². The number of piperidine rings is 1. The molecule has 0 radical (unpaired) electrons. The highest BCUT2D eigenvalue weighted by molar-refractivity contribution is 5.76. The minimum absolute atomic E-state index is 0.0760. The van der Waals surface area contributed by atoms with Crippen LogP contribution in [0, 0.1) is 5.92 Å². The van der Waals surface area contributed by atoms with Gasteiger partial charge < -0.3 is 4.90 Å². The van der Waals surface area contributed by atoms with Crippen molar-refractivity contribution in [2.75, 3.05) is 6.54 Å². The monoisotopic (exact) mass is 209 g/mol. The van der Waals surface area contributed by atoms with Crippen LogP contribution in [0.25, 0.3) is 0 Å². The summed E-state index contributed by atoms with van der Waals surface area (Å²) in [5.41, 5.74) is 4.94. The van der Waals surface area contributed by atoms with Crippen molar-refractivity contribution in [2.45, 2.75) is 25.2 Å². The minimum atomic E-state index is -4.20. The van der Waals surface area contributed by atoms with Gasteiger partial charge in [-0.05, 0) is 12.8 Å². The Morgan fingerprint density at radius 2 is 2.07 bits per heavy atom. The zero-order chi connectivity index (χ0) is 10.3. The molecule has 0 aromatic heterocycles. The SMILES string of the molecule is O=C1NNC2CCC(C(F)(F)F)CN12. The van der Waals surface area contributed by atoms with Crippen LogP contribution in [-0.4, -0.2) is 29.8 Å². The van der Waals surface area contributed by atoms with E-state index in [1.54, 1.807) is 0 Å². The van der Waals surface area contributed by atoms with Crippen LogP contribution in [0.2, 0.25) is 0 Å². The molecule has 80 valence electrons. The van der Waals surface area contributed by atoms with E-state index in [2.05, 4.69) is 10.9 Å². The molecule has 2 N–H and O–H groups in total. The molecular weight excluding hydrogens is 199 g/mol. The molecule has 14 heavy (non-hydrogen) atoms. The fourth-order valence-corrected chi connectivity index (χ4v) is 1.83. The maximum atomic E-state index is 12.3. The van der Waals surface area contributed by atoms with Gasteiger partial charge in [0.2, 0.25) is 0 Å². The third kappa shape index (κ3) is 1.52. The summed E-state index contributed by atoms with van der Waals surface area (Å²) in [5, 5.41) is 0. The van der Waals surface area contributed by atoms with Gasteiger partial charge in [0.05, 0.1) is 5.92 Å². The van der Waals surface area contributed by atoms with Crippen LogP contribution in [0.3, 0.4) is 0 Å². The normalized spacial score (nSPS) is 32.8. The van der Waals surface area contributed by atoms with Crippen LogP contribution in [-0.2, 0) is 0 Å². The summed E-state index contributed by atoms with van der Waals surface area (Å²) in [7, 11) is 0. The van der Waals surface area contributed by atoms with Crippen LogP contribution >= 0.6 is 0 Å². The first-order valence-corrected chi connectivity index (χ1v) is 4.37. The number of amides is 2. The highest BCUT2D eigenvalue weighted by Gasteiger charge is 2.47. The Kier molecular flexibility index (Phi) is 2.06. The van der Waals surface area contributed by atoms with Gasteiger partial charge in [0, 0.05) is 6.54 Å². The van der Waals surface area contributed by atoms with Gasteiger partial charge in [-0.15, -0.1) is 0 Å². The van der Waals surface area contributed by atoms with E-state index in [1.165, 1.54) is 4.90 Å². The van der Waals surface area contributed by atoms with Crippen LogP contribution in [0.4, 0.5) is 18.0 Å². The summed E-state index contributed by atoms with van der Waals surface area (Å²) in [6.07, 6.45) is -4.07. The first kappa shape index (κ1) is 9.57. The lowest BCUT2D eigenvalue weighted by Crippen LogP contribution is -2.48. The van der Waals surface area contributed by atoms with Crippen LogP contribution in [0.5, 0.6) is 0 Å². The van der Waals surface area contributed by atoms with Crippen molar-refractivity contribution in [3.05, 3.63) is 0 Å². The van der Waals surface area contributed by atoms with Crippen molar-refractivity contribution < 1.29 is 18.0 Å². The molecule has 7 heteroatoms. The quantitative estimate of drug-likeness (QED) is 0.620. The molecule has 0 saturated carbocycles. The second kappa shape index (κ2) is 3.01. The molecule has 2 saturated heterocycles. The fourth-order valence-electron chi connectivity index (χ4n) is 1.83. The molecule has 0 aliphatic carbocycles. The summed E-state index contributed by atoms with van der Waals surface area (Å²) in [5.74, 6) is -1.38. The van der Waals surface area contributed by atoms with E-state index in [4.69, 9.17) is 0 Å². The summed E-state index contributed by atoms with van der Waals surface area (Å²) in [6.45, 7) is -0.243. The predicted molar refractivity (Wildman–Crippen MR) is 40.9 cm³/mol. The van der Waals surface area contributed by atoms with Gasteiger partial charge in [0.1, 0.15) is 6.17 Å². The number of nitrogens with zero attached hydrogens (tertiary/aromatic N) is 1. The van der Waals surface area contributed by atoms with Gasteiger partial charge in [0.15, 0.2) is 0 Å². The van der Waals surface area contributed by atoms with E-state index in [9.17, 15) is 18.0 Å². The Bertz CT molecular complexity index is 255. The molecule has 2 aliphatic heterocycles. The second-order valence-corrected chi connectivity index (χ2v) is 3.56. The largest absolute Gasteiger partial charge is 0.393 e. The lowest BCUT2D eigenvalue weighted by molar-refractivity contribution is -0.186. The van der Waals surface area contributed by atoms with Crippen molar-refractivity contribution in [2.24, 2.45) is 5.92 Å². The highest BCUT2D eigenvalue weighted by atomic mass is 19.4. The molecule has 2 amide bonds. The second-order valence-electron chi connectivity index (χ2n) is 3.56.